The van der Waals surface area contributed by atoms with Crippen LogP contribution in [0.15, 0.2) is 29.3 Å². The summed E-state index contributed by atoms with van der Waals surface area (Å²) in [5.41, 5.74) is 3.12. The van der Waals surface area contributed by atoms with Crippen molar-refractivity contribution in [1.29, 1.82) is 0 Å². The van der Waals surface area contributed by atoms with Crippen LogP contribution in [-0.4, -0.2) is 37.5 Å². The standard InChI is InChI=1S/C17H27N3/c1-14-6-5-7-15(12-14)8-10-19-16(18-4)20-11-9-17(2,3)13-20/h5-7,12H,8-11,13H2,1-4H3,(H,18,19). The normalized spacial score (nSPS) is 18.4. The molecule has 0 amide bonds. The second-order valence-electron chi connectivity index (χ2n) is 6.55. The second kappa shape index (κ2) is 6.29. The summed E-state index contributed by atoms with van der Waals surface area (Å²) >= 11 is 0. The lowest BCUT2D eigenvalue weighted by Gasteiger charge is -2.23. The highest BCUT2D eigenvalue weighted by Gasteiger charge is 2.30. The maximum atomic E-state index is 4.42. The number of guanidine groups is 1. The first kappa shape index (κ1) is 14.9. The van der Waals surface area contributed by atoms with Crippen LogP contribution >= 0.6 is 0 Å². The van der Waals surface area contributed by atoms with Crippen molar-refractivity contribution >= 4 is 5.96 Å². The number of likely N-dealkylation sites (tertiary alicyclic amines) is 1. The highest BCUT2D eigenvalue weighted by Crippen LogP contribution is 2.28. The minimum atomic E-state index is 0.411. The van der Waals surface area contributed by atoms with Gasteiger partial charge in [0, 0.05) is 26.7 Å². The van der Waals surface area contributed by atoms with E-state index in [0.717, 1.165) is 32.0 Å². The van der Waals surface area contributed by atoms with E-state index in [1.807, 2.05) is 7.05 Å². The fraction of sp³-hybridized carbons (Fsp3) is 0.588. The monoisotopic (exact) mass is 273 g/mol. The van der Waals surface area contributed by atoms with E-state index in [9.17, 15) is 0 Å². The topological polar surface area (TPSA) is 27.6 Å². The largest absolute Gasteiger partial charge is 0.356 e. The molecule has 0 spiro atoms. The third-order valence-corrected chi connectivity index (χ3v) is 3.97. The van der Waals surface area contributed by atoms with Gasteiger partial charge in [0.2, 0.25) is 0 Å². The van der Waals surface area contributed by atoms with Crippen LogP contribution in [0.25, 0.3) is 0 Å². The van der Waals surface area contributed by atoms with Gasteiger partial charge >= 0.3 is 0 Å². The van der Waals surface area contributed by atoms with Gasteiger partial charge in [-0.3, -0.25) is 4.99 Å². The molecule has 0 bridgehead atoms. The van der Waals surface area contributed by atoms with Crippen LogP contribution in [0.3, 0.4) is 0 Å². The summed E-state index contributed by atoms with van der Waals surface area (Å²) in [6.45, 7) is 9.93. The fourth-order valence-electron chi connectivity index (χ4n) is 2.81. The van der Waals surface area contributed by atoms with E-state index in [1.54, 1.807) is 0 Å². The van der Waals surface area contributed by atoms with Crippen molar-refractivity contribution in [2.45, 2.75) is 33.6 Å². The second-order valence-corrected chi connectivity index (χ2v) is 6.55. The summed E-state index contributed by atoms with van der Waals surface area (Å²) in [5, 5.41) is 3.49. The zero-order valence-electron chi connectivity index (χ0n) is 13.2. The number of hydrogen-bond acceptors (Lipinski definition) is 1. The molecule has 0 saturated carbocycles. The zero-order chi connectivity index (χ0) is 14.6. The van der Waals surface area contributed by atoms with Crippen LogP contribution in [0.1, 0.15) is 31.4 Å². The van der Waals surface area contributed by atoms with Gasteiger partial charge in [-0.25, -0.2) is 0 Å². The van der Waals surface area contributed by atoms with Crippen LogP contribution in [-0.2, 0) is 6.42 Å². The molecular formula is C17H27N3. The molecule has 3 nitrogen and oxygen atoms in total. The van der Waals surface area contributed by atoms with Crippen molar-refractivity contribution in [3.63, 3.8) is 0 Å². The molecule has 1 aromatic carbocycles. The third-order valence-electron chi connectivity index (χ3n) is 3.97. The molecule has 20 heavy (non-hydrogen) atoms. The molecule has 1 aromatic rings. The maximum absolute atomic E-state index is 4.42. The maximum Gasteiger partial charge on any atom is 0.193 e. The van der Waals surface area contributed by atoms with E-state index in [-0.39, 0.29) is 0 Å². The Balaban J connectivity index is 1.83. The molecule has 0 atom stereocenters. The first-order valence-electron chi connectivity index (χ1n) is 7.51. The van der Waals surface area contributed by atoms with E-state index in [2.05, 4.69) is 60.2 Å². The van der Waals surface area contributed by atoms with Gasteiger partial charge in [-0.1, -0.05) is 43.7 Å². The Morgan fingerprint density at radius 1 is 1.40 bits per heavy atom. The van der Waals surface area contributed by atoms with Gasteiger partial charge < -0.3 is 10.2 Å². The predicted octanol–water partition coefficient (Wildman–Crippen LogP) is 2.84. The summed E-state index contributed by atoms with van der Waals surface area (Å²) in [6.07, 6.45) is 2.28. The van der Waals surface area contributed by atoms with Gasteiger partial charge in [0.05, 0.1) is 0 Å². The Labute approximate surface area is 123 Å². The number of benzene rings is 1. The van der Waals surface area contributed by atoms with Crippen LogP contribution in [0.4, 0.5) is 0 Å². The predicted molar refractivity (Wildman–Crippen MR) is 86.2 cm³/mol. The number of aryl methyl sites for hydroxylation is 1. The lowest BCUT2D eigenvalue weighted by atomic mass is 9.93. The molecule has 1 N–H and O–H groups in total. The van der Waals surface area contributed by atoms with E-state index >= 15 is 0 Å². The number of aliphatic imine (C=N–C) groups is 1. The average Bonchev–Trinajstić information content (AvgIpc) is 2.75. The molecule has 1 fully saturated rings. The van der Waals surface area contributed by atoms with Crippen LogP contribution < -0.4 is 5.32 Å². The fourth-order valence-corrected chi connectivity index (χ4v) is 2.81. The Bertz CT molecular complexity index is 477. The first-order valence-corrected chi connectivity index (χ1v) is 7.51. The van der Waals surface area contributed by atoms with Crippen LogP contribution in [0, 0.1) is 12.3 Å². The Kier molecular flexibility index (Phi) is 4.69. The highest BCUT2D eigenvalue weighted by molar-refractivity contribution is 5.80. The highest BCUT2D eigenvalue weighted by atomic mass is 15.3. The van der Waals surface area contributed by atoms with E-state index < -0.39 is 0 Å². The van der Waals surface area contributed by atoms with Crippen molar-refractivity contribution in [1.82, 2.24) is 10.2 Å². The summed E-state index contributed by atoms with van der Waals surface area (Å²) in [5.74, 6) is 1.04. The van der Waals surface area contributed by atoms with Crippen LogP contribution in [0.2, 0.25) is 0 Å². The Morgan fingerprint density at radius 2 is 2.20 bits per heavy atom. The molecule has 2 rings (SSSR count). The molecule has 1 aliphatic heterocycles. The number of nitrogens with one attached hydrogen (secondary N) is 1. The van der Waals surface area contributed by atoms with Crippen molar-refractivity contribution in [3.8, 4) is 0 Å². The minimum absolute atomic E-state index is 0.411. The van der Waals surface area contributed by atoms with Crippen LogP contribution in [0.5, 0.6) is 0 Å². The number of nitrogens with zero attached hydrogens (tertiary/aromatic N) is 2. The molecule has 0 unspecified atom stereocenters. The first-order chi connectivity index (χ1) is 9.50. The van der Waals surface area contributed by atoms with Gasteiger partial charge in [0.25, 0.3) is 0 Å². The SMILES string of the molecule is CN=C(NCCc1cccc(C)c1)N1CCC(C)(C)C1. The van der Waals surface area contributed by atoms with Gasteiger partial charge in [0.1, 0.15) is 0 Å². The van der Waals surface area contributed by atoms with Gasteiger partial charge in [-0.05, 0) is 30.7 Å². The lowest BCUT2D eigenvalue weighted by Crippen LogP contribution is -2.41. The van der Waals surface area contributed by atoms with Crippen molar-refractivity contribution in [2.24, 2.45) is 10.4 Å². The molecular weight excluding hydrogens is 246 g/mol. The van der Waals surface area contributed by atoms with Gasteiger partial charge in [-0.2, -0.15) is 0 Å². The molecule has 1 heterocycles. The van der Waals surface area contributed by atoms with Crippen molar-refractivity contribution in [3.05, 3.63) is 35.4 Å². The quantitative estimate of drug-likeness (QED) is 0.677. The molecule has 110 valence electrons. The van der Waals surface area contributed by atoms with Crippen molar-refractivity contribution < 1.29 is 0 Å². The summed E-state index contributed by atoms with van der Waals surface area (Å²) in [6, 6.07) is 8.71. The number of rotatable bonds is 3. The summed E-state index contributed by atoms with van der Waals surface area (Å²) in [4.78, 5) is 6.79. The molecule has 0 aromatic heterocycles. The summed E-state index contributed by atoms with van der Waals surface area (Å²) < 4.78 is 0. The van der Waals surface area contributed by atoms with Gasteiger partial charge in [0.15, 0.2) is 5.96 Å². The molecule has 0 radical (unpaired) electrons. The van der Waals surface area contributed by atoms with E-state index in [1.165, 1.54) is 17.5 Å². The van der Waals surface area contributed by atoms with E-state index in [0.29, 0.717) is 5.41 Å². The smallest absolute Gasteiger partial charge is 0.193 e. The number of hydrogen-bond donors (Lipinski definition) is 1. The molecule has 3 heteroatoms. The third kappa shape index (κ3) is 3.99. The van der Waals surface area contributed by atoms with Gasteiger partial charge in [-0.15, -0.1) is 0 Å². The molecule has 0 aliphatic carbocycles. The molecule has 1 aliphatic rings. The summed E-state index contributed by atoms with van der Waals surface area (Å²) in [7, 11) is 1.88. The Hall–Kier alpha value is -1.51. The van der Waals surface area contributed by atoms with Crippen molar-refractivity contribution in [2.75, 3.05) is 26.7 Å². The molecule has 1 saturated heterocycles. The minimum Gasteiger partial charge on any atom is -0.356 e. The van der Waals surface area contributed by atoms with E-state index in [4.69, 9.17) is 0 Å². The zero-order valence-corrected chi connectivity index (χ0v) is 13.2. The lowest BCUT2D eigenvalue weighted by molar-refractivity contribution is 0.370. The Morgan fingerprint density at radius 3 is 2.80 bits per heavy atom. The average molecular weight is 273 g/mol.